The van der Waals surface area contributed by atoms with Crippen LogP contribution < -0.4 is 0 Å². The summed E-state index contributed by atoms with van der Waals surface area (Å²) in [6.07, 6.45) is 2.97. The van der Waals surface area contributed by atoms with Crippen molar-refractivity contribution in [2.75, 3.05) is 12.0 Å². The van der Waals surface area contributed by atoms with Crippen molar-refractivity contribution in [3.05, 3.63) is 46.5 Å². The second-order valence-electron chi connectivity index (χ2n) is 5.05. The SMILES string of the molecule is CS[C@@]1(c2ccc(C)cc2)CC(C)=C(C)C[S@@]1=O. The number of allylic oxidation sites excluding steroid dienone is 1. The molecule has 0 amide bonds. The van der Waals surface area contributed by atoms with E-state index in [1.807, 2.05) is 0 Å². The Morgan fingerprint density at radius 2 is 1.72 bits per heavy atom. The Morgan fingerprint density at radius 1 is 1.11 bits per heavy atom. The molecule has 0 aromatic heterocycles. The normalized spacial score (nSPS) is 28.6. The predicted octanol–water partition coefficient (Wildman–Crippen LogP) is 4.00. The van der Waals surface area contributed by atoms with Gasteiger partial charge < -0.3 is 0 Å². The number of hydrogen-bond donors (Lipinski definition) is 0. The molecule has 1 aliphatic heterocycles. The molecule has 0 N–H and O–H groups in total. The molecule has 0 aliphatic carbocycles. The first-order valence-electron chi connectivity index (χ1n) is 6.15. The topological polar surface area (TPSA) is 17.1 Å². The van der Waals surface area contributed by atoms with Crippen molar-refractivity contribution in [2.24, 2.45) is 0 Å². The van der Waals surface area contributed by atoms with Crippen molar-refractivity contribution < 1.29 is 4.21 Å². The molecule has 0 saturated carbocycles. The smallest absolute Gasteiger partial charge is 0.120 e. The number of benzene rings is 1. The van der Waals surface area contributed by atoms with E-state index in [-0.39, 0.29) is 4.08 Å². The van der Waals surface area contributed by atoms with Gasteiger partial charge in [-0.2, -0.15) is 0 Å². The Morgan fingerprint density at radius 3 is 2.28 bits per heavy atom. The Balaban J connectivity index is 2.49. The summed E-state index contributed by atoms with van der Waals surface area (Å²) in [6, 6.07) is 8.51. The van der Waals surface area contributed by atoms with Crippen LogP contribution in [0.5, 0.6) is 0 Å². The third-order valence-electron chi connectivity index (χ3n) is 3.76. The van der Waals surface area contributed by atoms with Crippen LogP contribution in [0, 0.1) is 6.92 Å². The average Bonchev–Trinajstić information content (AvgIpc) is 2.35. The molecule has 1 aromatic rings. The lowest BCUT2D eigenvalue weighted by Gasteiger charge is -2.36. The van der Waals surface area contributed by atoms with E-state index in [0.29, 0.717) is 5.75 Å². The van der Waals surface area contributed by atoms with E-state index >= 15 is 0 Å². The highest BCUT2D eigenvalue weighted by molar-refractivity contribution is 8.11. The molecule has 98 valence electrons. The summed E-state index contributed by atoms with van der Waals surface area (Å²) in [4.78, 5) is 0. The maximum absolute atomic E-state index is 12.6. The first-order valence-corrected chi connectivity index (χ1v) is 8.70. The van der Waals surface area contributed by atoms with Crippen LogP contribution in [0.25, 0.3) is 0 Å². The van der Waals surface area contributed by atoms with Gasteiger partial charge in [-0.1, -0.05) is 41.0 Å². The summed E-state index contributed by atoms with van der Waals surface area (Å²) in [7, 11) is -0.840. The van der Waals surface area contributed by atoms with Crippen LogP contribution in [0.4, 0.5) is 0 Å². The van der Waals surface area contributed by atoms with Crippen LogP contribution in [0.15, 0.2) is 35.4 Å². The van der Waals surface area contributed by atoms with Gasteiger partial charge in [-0.05, 0) is 39.0 Å². The third kappa shape index (κ3) is 2.30. The van der Waals surface area contributed by atoms with E-state index in [4.69, 9.17) is 0 Å². The van der Waals surface area contributed by atoms with Gasteiger partial charge in [0.05, 0.1) is 0 Å². The van der Waals surface area contributed by atoms with Crippen LogP contribution in [0.3, 0.4) is 0 Å². The lowest BCUT2D eigenvalue weighted by Crippen LogP contribution is -2.33. The van der Waals surface area contributed by atoms with Crippen molar-refractivity contribution in [3.63, 3.8) is 0 Å². The zero-order valence-corrected chi connectivity index (χ0v) is 13.1. The van der Waals surface area contributed by atoms with Crippen LogP contribution in [0.2, 0.25) is 0 Å². The van der Waals surface area contributed by atoms with E-state index in [2.05, 4.69) is 51.3 Å². The van der Waals surface area contributed by atoms with Crippen LogP contribution in [0.1, 0.15) is 31.4 Å². The van der Waals surface area contributed by atoms with Crippen molar-refractivity contribution in [2.45, 2.75) is 31.3 Å². The van der Waals surface area contributed by atoms with Crippen molar-refractivity contribution >= 4 is 22.6 Å². The molecular weight excluding hydrogens is 260 g/mol. The lowest BCUT2D eigenvalue weighted by molar-refractivity contribution is 0.658. The molecule has 0 unspecified atom stereocenters. The molecule has 0 bridgehead atoms. The Bertz CT molecular complexity index is 502. The van der Waals surface area contributed by atoms with Gasteiger partial charge >= 0.3 is 0 Å². The average molecular weight is 280 g/mol. The van der Waals surface area contributed by atoms with Gasteiger partial charge in [-0.25, -0.2) is 0 Å². The molecule has 1 heterocycles. The van der Waals surface area contributed by atoms with E-state index in [0.717, 1.165) is 6.42 Å². The molecule has 0 spiro atoms. The van der Waals surface area contributed by atoms with Gasteiger partial charge in [-0.15, -0.1) is 11.8 Å². The molecular formula is C15H20OS2. The monoisotopic (exact) mass is 280 g/mol. The van der Waals surface area contributed by atoms with E-state index in [9.17, 15) is 4.21 Å². The molecule has 1 nitrogen and oxygen atoms in total. The Kier molecular flexibility index (Phi) is 4.02. The maximum Gasteiger partial charge on any atom is 0.120 e. The Labute approximate surface area is 117 Å². The quantitative estimate of drug-likeness (QED) is 0.762. The van der Waals surface area contributed by atoms with E-state index in [1.165, 1.54) is 22.3 Å². The van der Waals surface area contributed by atoms with Gasteiger partial charge in [-0.3, -0.25) is 4.21 Å². The summed E-state index contributed by atoms with van der Waals surface area (Å²) >= 11 is 1.73. The van der Waals surface area contributed by atoms with Crippen molar-refractivity contribution in [1.82, 2.24) is 0 Å². The van der Waals surface area contributed by atoms with Gasteiger partial charge in [0.1, 0.15) is 4.08 Å². The lowest BCUT2D eigenvalue weighted by atomic mass is 10.00. The molecule has 2 atom stereocenters. The summed E-state index contributed by atoms with van der Waals surface area (Å²) in [5.41, 5.74) is 5.14. The molecule has 0 saturated heterocycles. The summed E-state index contributed by atoms with van der Waals surface area (Å²) < 4.78 is 12.4. The summed E-state index contributed by atoms with van der Waals surface area (Å²) in [5.74, 6) is 0.709. The molecule has 1 aliphatic rings. The van der Waals surface area contributed by atoms with Crippen LogP contribution >= 0.6 is 11.8 Å². The van der Waals surface area contributed by atoms with Crippen LogP contribution in [-0.2, 0) is 14.9 Å². The zero-order valence-electron chi connectivity index (χ0n) is 11.4. The predicted molar refractivity (Wildman–Crippen MR) is 82.4 cm³/mol. The fourth-order valence-corrected chi connectivity index (χ4v) is 5.64. The first kappa shape index (κ1) is 13.9. The second kappa shape index (κ2) is 5.22. The minimum absolute atomic E-state index is 0.253. The van der Waals surface area contributed by atoms with Gasteiger partial charge in [0.25, 0.3) is 0 Å². The molecule has 18 heavy (non-hydrogen) atoms. The number of aryl methyl sites for hydroxylation is 1. The van der Waals surface area contributed by atoms with Crippen molar-refractivity contribution in [1.29, 1.82) is 0 Å². The minimum atomic E-state index is -0.840. The van der Waals surface area contributed by atoms with E-state index < -0.39 is 10.8 Å². The van der Waals surface area contributed by atoms with Gasteiger partial charge in [0.15, 0.2) is 0 Å². The molecule has 0 radical (unpaired) electrons. The summed E-state index contributed by atoms with van der Waals surface area (Å²) in [6.45, 7) is 6.36. The highest BCUT2D eigenvalue weighted by Gasteiger charge is 2.41. The Hall–Kier alpha value is -0.540. The molecule has 1 aromatic carbocycles. The number of hydrogen-bond acceptors (Lipinski definition) is 2. The maximum atomic E-state index is 12.6. The molecule has 0 fully saturated rings. The largest absolute Gasteiger partial charge is 0.257 e. The zero-order chi connectivity index (χ0) is 13.3. The highest BCUT2D eigenvalue weighted by atomic mass is 32.2. The molecule has 2 rings (SSSR count). The number of rotatable bonds is 2. The van der Waals surface area contributed by atoms with Crippen molar-refractivity contribution in [3.8, 4) is 0 Å². The minimum Gasteiger partial charge on any atom is -0.257 e. The van der Waals surface area contributed by atoms with Gasteiger partial charge in [0, 0.05) is 16.6 Å². The fourth-order valence-electron chi connectivity index (χ4n) is 2.34. The first-order chi connectivity index (χ1) is 8.49. The van der Waals surface area contributed by atoms with E-state index in [1.54, 1.807) is 11.8 Å². The third-order valence-corrected chi connectivity index (χ3v) is 7.67. The second-order valence-corrected chi connectivity index (χ2v) is 8.09. The fraction of sp³-hybridized carbons (Fsp3) is 0.467. The summed E-state index contributed by atoms with van der Waals surface area (Å²) in [5, 5.41) is 0. The molecule has 3 heteroatoms. The number of thioether (sulfide) groups is 1. The van der Waals surface area contributed by atoms with Gasteiger partial charge in [0.2, 0.25) is 0 Å². The highest BCUT2D eigenvalue weighted by Crippen LogP contribution is 2.47. The standard InChI is InChI=1S/C15H20OS2/c1-11-5-7-14(8-6-11)15(17-4)9-12(2)13(3)10-18(15)16/h5-8H,9-10H2,1-4H3/t15-,18-/m0/s1. The van der Waals surface area contributed by atoms with Crippen LogP contribution in [-0.4, -0.2) is 16.2 Å².